The quantitative estimate of drug-likeness (QED) is 0.172. The predicted octanol–water partition coefficient (Wildman–Crippen LogP) is 11.3. The van der Waals surface area contributed by atoms with E-state index >= 15 is 0 Å². The maximum Gasteiger partial charge on any atom is 0.247 e. The Morgan fingerprint density at radius 3 is 1.84 bits per heavy atom. The van der Waals surface area contributed by atoms with Gasteiger partial charge in [-0.15, -0.1) is 10.2 Å². The highest BCUT2D eigenvalue weighted by Gasteiger charge is 2.34. The molecule has 0 saturated heterocycles. The Balaban J connectivity index is 1.04. The van der Waals surface area contributed by atoms with Gasteiger partial charge in [0.1, 0.15) is 16.9 Å². The first-order valence-corrected chi connectivity index (χ1v) is 16.8. The lowest BCUT2D eigenvalue weighted by Gasteiger charge is -2.37. The topological polar surface area (TPSA) is 90.8 Å². The number of hydrogen-bond acceptors (Lipinski definition) is 8. The Hall–Kier alpha value is -6.67. The molecule has 0 unspecified atom stereocenters. The second-order valence-electron chi connectivity index (χ2n) is 13.9. The van der Waals surface area contributed by atoms with Gasteiger partial charge in [-0.1, -0.05) is 69.3 Å². The van der Waals surface area contributed by atoms with Crippen LogP contribution in [0.5, 0.6) is 23.0 Å². The van der Waals surface area contributed by atoms with Gasteiger partial charge in [0.05, 0.1) is 22.1 Å². The minimum absolute atomic E-state index is 0.123. The van der Waals surface area contributed by atoms with Crippen LogP contribution in [-0.4, -0.2) is 10.2 Å². The van der Waals surface area contributed by atoms with Crippen molar-refractivity contribution in [1.29, 1.82) is 0 Å². The normalized spacial score (nSPS) is 13.0. The number of rotatable bonds is 3. The van der Waals surface area contributed by atoms with E-state index in [1.54, 1.807) is 12.1 Å². The smallest absolute Gasteiger partial charge is 0.247 e. The summed E-state index contributed by atoms with van der Waals surface area (Å²) in [6, 6.07) is 39.6. The van der Waals surface area contributed by atoms with Crippen LogP contribution in [0, 0.1) is 0 Å². The van der Waals surface area contributed by atoms with Crippen molar-refractivity contribution in [2.75, 3.05) is 4.90 Å². The molecule has 4 heterocycles. The average molecular weight is 668 g/mol. The van der Waals surface area contributed by atoms with E-state index in [4.69, 9.17) is 18.3 Å². The molecule has 8 heteroatoms. The zero-order valence-corrected chi connectivity index (χ0v) is 27.9. The third-order valence-electron chi connectivity index (χ3n) is 9.44. The Morgan fingerprint density at radius 2 is 1.12 bits per heavy atom. The molecule has 0 spiro atoms. The minimum Gasteiger partial charge on any atom is -0.456 e. The first kappa shape index (κ1) is 29.3. The summed E-state index contributed by atoms with van der Waals surface area (Å²) in [5.41, 5.74) is 7.97. The monoisotopic (exact) mass is 667 g/mol. The van der Waals surface area contributed by atoms with Crippen molar-refractivity contribution in [3.05, 3.63) is 137 Å². The number of hydrogen-bond donors (Lipinski definition) is 0. The van der Waals surface area contributed by atoms with Crippen LogP contribution in [0.15, 0.2) is 135 Å². The first-order chi connectivity index (χ1) is 24.8. The molecular weight excluding hydrogens is 638 g/mol. The fraction of sp³-hybridized carbons (Fsp3) is 0.0930. The van der Waals surface area contributed by atoms with Crippen LogP contribution in [0.4, 0.5) is 17.1 Å². The van der Waals surface area contributed by atoms with Crippen LogP contribution in [-0.2, 0) is 5.41 Å². The summed E-state index contributed by atoms with van der Waals surface area (Å²) in [7, 11) is 0. The minimum atomic E-state index is -0.287. The molecule has 0 amide bonds. The molecule has 0 radical (unpaired) electrons. The molecule has 246 valence electrons. The standard InChI is InChI=1S/C43H29N3O5/c1-43(2,3)42-45-44-41(51-42)28-16-18-34-30(22-28)40(47)29-21-26(14-17-33(29)48-34)24-8-6-9-25(20-24)27-15-19-36-32(23-27)46-31-10-4-5-11-35(31)49-37-12-7-13-38(50-36)39(37)46/h4-23H,1-3H3. The van der Waals surface area contributed by atoms with Crippen molar-refractivity contribution in [1.82, 2.24) is 10.2 Å². The maximum atomic E-state index is 14.0. The maximum absolute atomic E-state index is 14.0. The van der Waals surface area contributed by atoms with Gasteiger partial charge >= 0.3 is 0 Å². The molecule has 0 N–H and O–H groups in total. The van der Waals surface area contributed by atoms with Gasteiger partial charge in [-0.3, -0.25) is 9.69 Å². The van der Waals surface area contributed by atoms with E-state index in [2.05, 4.69) is 51.5 Å². The third-order valence-corrected chi connectivity index (χ3v) is 9.44. The number of nitrogens with zero attached hydrogens (tertiary/aromatic N) is 3. The van der Waals surface area contributed by atoms with E-state index in [0.29, 0.717) is 39.3 Å². The Kier molecular flexibility index (Phi) is 6.12. The summed E-state index contributed by atoms with van der Waals surface area (Å²) < 4.78 is 24.8. The van der Waals surface area contributed by atoms with E-state index in [1.165, 1.54) is 0 Å². The molecule has 2 aliphatic heterocycles. The van der Waals surface area contributed by atoms with Crippen molar-refractivity contribution in [3.63, 3.8) is 0 Å². The van der Waals surface area contributed by atoms with Crippen molar-refractivity contribution < 1.29 is 18.3 Å². The summed E-state index contributed by atoms with van der Waals surface area (Å²) in [6.45, 7) is 6.03. The molecule has 6 aromatic carbocycles. The number of para-hydroxylation sites is 3. The largest absolute Gasteiger partial charge is 0.456 e. The fourth-order valence-electron chi connectivity index (χ4n) is 6.87. The molecule has 2 aromatic heterocycles. The van der Waals surface area contributed by atoms with E-state index in [9.17, 15) is 4.79 Å². The van der Waals surface area contributed by atoms with E-state index in [-0.39, 0.29) is 10.8 Å². The van der Waals surface area contributed by atoms with E-state index in [1.807, 2.05) is 93.6 Å². The SMILES string of the molecule is CC(C)(C)c1nnc(-c2ccc3oc4ccc(-c5cccc(-c6ccc7c(c6)N6c8ccccc8Oc8cccc(c86)O7)c5)cc4c(=O)c3c2)o1. The number of ether oxygens (including phenoxy) is 2. The molecule has 2 aliphatic rings. The lowest BCUT2D eigenvalue weighted by Crippen LogP contribution is -2.20. The van der Waals surface area contributed by atoms with Gasteiger partial charge in [0.25, 0.3) is 0 Å². The van der Waals surface area contributed by atoms with E-state index in [0.717, 1.165) is 62.3 Å². The van der Waals surface area contributed by atoms with Gasteiger partial charge in [-0.05, 0) is 95.1 Å². The molecule has 0 atom stereocenters. The van der Waals surface area contributed by atoms with Crippen molar-refractivity contribution in [2.45, 2.75) is 26.2 Å². The van der Waals surface area contributed by atoms with E-state index < -0.39 is 0 Å². The predicted molar refractivity (Wildman–Crippen MR) is 198 cm³/mol. The van der Waals surface area contributed by atoms with Gasteiger partial charge in [-0.2, -0.15) is 0 Å². The molecule has 0 aliphatic carbocycles. The molecule has 51 heavy (non-hydrogen) atoms. The first-order valence-electron chi connectivity index (χ1n) is 16.8. The second kappa shape index (κ2) is 10.7. The van der Waals surface area contributed by atoms with Crippen LogP contribution < -0.4 is 19.8 Å². The molecule has 8 aromatic rings. The lowest BCUT2D eigenvalue weighted by molar-refractivity contribution is 0.399. The van der Waals surface area contributed by atoms with Gasteiger partial charge in [0, 0.05) is 11.0 Å². The highest BCUT2D eigenvalue weighted by atomic mass is 16.5. The zero-order valence-electron chi connectivity index (χ0n) is 27.9. The Morgan fingerprint density at radius 1 is 0.529 bits per heavy atom. The van der Waals surface area contributed by atoms with Crippen LogP contribution >= 0.6 is 0 Å². The average Bonchev–Trinajstić information content (AvgIpc) is 3.66. The number of anilines is 3. The summed E-state index contributed by atoms with van der Waals surface area (Å²) in [4.78, 5) is 16.2. The number of benzene rings is 6. The second-order valence-corrected chi connectivity index (χ2v) is 13.9. The summed E-state index contributed by atoms with van der Waals surface area (Å²) in [5.74, 6) is 3.95. The van der Waals surface area contributed by atoms with Gasteiger partial charge in [0.15, 0.2) is 23.0 Å². The van der Waals surface area contributed by atoms with Crippen LogP contribution in [0.3, 0.4) is 0 Å². The molecular formula is C43H29N3O5. The van der Waals surface area contributed by atoms with Crippen LogP contribution in [0.25, 0.3) is 55.6 Å². The highest BCUT2D eigenvalue weighted by molar-refractivity contribution is 5.96. The van der Waals surface area contributed by atoms with Crippen LogP contribution in [0.2, 0.25) is 0 Å². The third kappa shape index (κ3) is 4.64. The van der Waals surface area contributed by atoms with Crippen LogP contribution in [0.1, 0.15) is 26.7 Å². The number of aromatic nitrogens is 2. The summed E-state index contributed by atoms with van der Waals surface area (Å²) in [5, 5.41) is 9.39. The molecule has 8 nitrogen and oxygen atoms in total. The molecule has 0 saturated carbocycles. The highest BCUT2D eigenvalue weighted by Crippen LogP contribution is 2.59. The lowest BCUT2D eigenvalue weighted by atomic mass is 9.97. The summed E-state index contributed by atoms with van der Waals surface area (Å²) in [6.07, 6.45) is 0. The van der Waals surface area contributed by atoms with Crippen molar-refractivity contribution >= 4 is 39.0 Å². The van der Waals surface area contributed by atoms with Gasteiger partial charge in [-0.25, -0.2) is 0 Å². The zero-order chi connectivity index (χ0) is 34.4. The number of fused-ring (bicyclic) bond motifs is 6. The summed E-state index contributed by atoms with van der Waals surface area (Å²) >= 11 is 0. The van der Waals surface area contributed by atoms with Gasteiger partial charge in [0.2, 0.25) is 17.2 Å². The Labute approximate surface area is 292 Å². The van der Waals surface area contributed by atoms with Gasteiger partial charge < -0.3 is 18.3 Å². The van der Waals surface area contributed by atoms with Crippen molar-refractivity contribution in [2.24, 2.45) is 0 Å². The molecule has 0 bridgehead atoms. The van der Waals surface area contributed by atoms with Crippen molar-refractivity contribution in [3.8, 4) is 56.7 Å². The fourth-order valence-corrected chi connectivity index (χ4v) is 6.87. The molecule has 10 rings (SSSR count). The Bertz CT molecular complexity index is 2780. The molecule has 0 fully saturated rings.